The van der Waals surface area contributed by atoms with Crippen LogP contribution in [-0.4, -0.2) is 51.9 Å². The summed E-state index contributed by atoms with van der Waals surface area (Å²) in [6.07, 6.45) is 1.98. The molecule has 1 fully saturated rings. The Bertz CT molecular complexity index is 1320. The van der Waals surface area contributed by atoms with Crippen molar-refractivity contribution in [2.24, 2.45) is 0 Å². The third kappa shape index (κ3) is 4.91. The van der Waals surface area contributed by atoms with Gasteiger partial charge in [0.05, 0.1) is 22.4 Å². The molecule has 2 aromatic carbocycles. The lowest BCUT2D eigenvalue weighted by molar-refractivity contribution is -0.130. The van der Waals surface area contributed by atoms with E-state index in [2.05, 4.69) is 20.8 Å². The number of para-hydroxylation sites is 1. The molecule has 2 aliphatic heterocycles. The van der Waals surface area contributed by atoms with Crippen molar-refractivity contribution in [2.75, 3.05) is 30.3 Å². The monoisotopic (exact) mass is 520 g/mol. The summed E-state index contributed by atoms with van der Waals surface area (Å²) in [6, 6.07) is 14.4. The van der Waals surface area contributed by atoms with Crippen molar-refractivity contribution in [3.05, 3.63) is 76.7 Å². The Morgan fingerprint density at radius 1 is 1.08 bits per heavy atom. The molecule has 0 spiro atoms. The third-order valence-electron chi connectivity index (χ3n) is 7.07. The van der Waals surface area contributed by atoms with Crippen molar-refractivity contribution in [2.45, 2.75) is 51.2 Å². The number of benzene rings is 2. The summed E-state index contributed by atoms with van der Waals surface area (Å²) in [4.78, 5) is 30.6. The van der Waals surface area contributed by atoms with Gasteiger partial charge in [-0.3, -0.25) is 14.5 Å². The van der Waals surface area contributed by atoms with Gasteiger partial charge in [0.25, 0.3) is 0 Å². The summed E-state index contributed by atoms with van der Waals surface area (Å²) in [5.41, 5.74) is 4.22. The van der Waals surface area contributed by atoms with Gasteiger partial charge < -0.3 is 4.90 Å². The van der Waals surface area contributed by atoms with Crippen LogP contribution in [0.25, 0.3) is 5.69 Å². The topological polar surface area (TPSA) is 58.4 Å². The van der Waals surface area contributed by atoms with Crippen LogP contribution >= 0.6 is 11.8 Å². The maximum atomic E-state index is 13.9. The van der Waals surface area contributed by atoms with E-state index in [1.54, 1.807) is 17.0 Å². The summed E-state index contributed by atoms with van der Waals surface area (Å²) in [6.45, 7) is 9.77. The first-order valence-corrected chi connectivity index (χ1v) is 13.8. The second-order valence-electron chi connectivity index (χ2n) is 10.8. The molecular weight excluding hydrogens is 487 g/mol. The fraction of sp³-hybridized carbons (Fsp3) is 0.414. The quantitative estimate of drug-likeness (QED) is 0.462. The van der Waals surface area contributed by atoms with Crippen LogP contribution in [0.15, 0.2) is 48.5 Å². The van der Waals surface area contributed by atoms with E-state index in [4.69, 9.17) is 5.10 Å². The Morgan fingerprint density at radius 3 is 2.41 bits per heavy atom. The number of hydrogen-bond acceptors (Lipinski definition) is 4. The van der Waals surface area contributed by atoms with Crippen molar-refractivity contribution < 1.29 is 14.0 Å². The molecule has 1 saturated heterocycles. The van der Waals surface area contributed by atoms with E-state index in [-0.39, 0.29) is 40.6 Å². The molecule has 5 rings (SSSR count). The Labute approximate surface area is 221 Å². The van der Waals surface area contributed by atoms with Crippen LogP contribution < -0.4 is 4.90 Å². The predicted molar refractivity (Wildman–Crippen MR) is 146 cm³/mol. The average molecular weight is 521 g/mol. The van der Waals surface area contributed by atoms with Gasteiger partial charge in [0.1, 0.15) is 18.2 Å². The molecular formula is C29H33FN4O2S. The average Bonchev–Trinajstić information content (AvgIpc) is 3.50. The molecule has 8 heteroatoms. The summed E-state index contributed by atoms with van der Waals surface area (Å²) < 4.78 is 15.7. The molecule has 6 nitrogen and oxygen atoms in total. The Kier molecular flexibility index (Phi) is 6.88. The fourth-order valence-corrected chi connectivity index (χ4v) is 6.34. The number of likely N-dealkylation sites (tertiary alicyclic amines) is 1. The molecule has 194 valence electrons. The van der Waals surface area contributed by atoms with Crippen LogP contribution in [-0.2, 0) is 15.0 Å². The van der Waals surface area contributed by atoms with Gasteiger partial charge in [-0.1, -0.05) is 51.1 Å². The lowest BCUT2D eigenvalue weighted by atomic mass is 9.87. The summed E-state index contributed by atoms with van der Waals surface area (Å²) in [7, 11) is 0. The van der Waals surface area contributed by atoms with Gasteiger partial charge in [-0.2, -0.15) is 5.10 Å². The molecule has 3 aromatic rings. The SMILES string of the molecule is Cc1ccccc1-n1nc(C(C)(C)C)c2c1N(CC(=O)N1CCCC1)C(=O)CS[C@@H]2c1ccc(F)cc1. The number of amides is 2. The highest BCUT2D eigenvalue weighted by molar-refractivity contribution is 8.00. The van der Waals surface area contributed by atoms with Crippen molar-refractivity contribution in [1.29, 1.82) is 0 Å². The summed E-state index contributed by atoms with van der Waals surface area (Å²) >= 11 is 1.51. The van der Waals surface area contributed by atoms with Gasteiger partial charge in [-0.25, -0.2) is 9.07 Å². The highest BCUT2D eigenvalue weighted by Crippen LogP contribution is 2.48. The normalized spacial score (nSPS) is 18.2. The molecule has 1 aromatic heterocycles. The first-order valence-electron chi connectivity index (χ1n) is 12.8. The first kappa shape index (κ1) is 25.5. The number of fused-ring (bicyclic) bond motifs is 1. The molecule has 37 heavy (non-hydrogen) atoms. The molecule has 0 radical (unpaired) electrons. The summed E-state index contributed by atoms with van der Waals surface area (Å²) in [5, 5.41) is 4.89. The third-order valence-corrected chi connectivity index (χ3v) is 8.32. The van der Waals surface area contributed by atoms with Crippen molar-refractivity contribution in [3.63, 3.8) is 0 Å². The predicted octanol–water partition coefficient (Wildman–Crippen LogP) is 5.41. The molecule has 2 aliphatic rings. The Balaban J connectivity index is 1.76. The second-order valence-corrected chi connectivity index (χ2v) is 11.9. The van der Waals surface area contributed by atoms with E-state index >= 15 is 0 Å². The van der Waals surface area contributed by atoms with E-state index in [0.717, 1.165) is 54.0 Å². The minimum atomic E-state index is -0.338. The van der Waals surface area contributed by atoms with Crippen LogP contribution in [0.5, 0.6) is 0 Å². The smallest absolute Gasteiger partial charge is 0.242 e. The van der Waals surface area contributed by atoms with E-state index in [0.29, 0.717) is 5.82 Å². The Hall–Kier alpha value is -3.13. The van der Waals surface area contributed by atoms with Crippen molar-refractivity contribution >= 4 is 29.4 Å². The summed E-state index contributed by atoms with van der Waals surface area (Å²) in [5.74, 6) is 0.371. The zero-order chi connectivity index (χ0) is 26.3. The zero-order valence-corrected chi connectivity index (χ0v) is 22.6. The fourth-order valence-electron chi connectivity index (χ4n) is 5.14. The van der Waals surface area contributed by atoms with Gasteiger partial charge in [-0.05, 0) is 49.1 Å². The molecule has 2 amide bonds. The zero-order valence-electron chi connectivity index (χ0n) is 21.8. The largest absolute Gasteiger partial charge is 0.341 e. The lowest BCUT2D eigenvalue weighted by Gasteiger charge is -2.26. The van der Waals surface area contributed by atoms with Gasteiger partial charge in [-0.15, -0.1) is 11.8 Å². The van der Waals surface area contributed by atoms with E-state index in [1.807, 2.05) is 40.8 Å². The van der Waals surface area contributed by atoms with Gasteiger partial charge >= 0.3 is 0 Å². The van der Waals surface area contributed by atoms with Crippen LogP contribution in [0.2, 0.25) is 0 Å². The molecule has 0 unspecified atom stereocenters. The van der Waals surface area contributed by atoms with Gasteiger partial charge in [0, 0.05) is 24.1 Å². The van der Waals surface area contributed by atoms with E-state index in [9.17, 15) is 14.0 Å². The minimum Gasteiger partial charge on any atom is -0.341 e. The maximum Gasteiger partial charge on any atom is 0.242 e. The van der Waals surface area contributed by atoms with Crippen LogP contribution in [0.3, 0.4) is 0 Å². The molecule has 0 N–H and O–H groups in total. The highest BCUT2D eigenvalue weighted by Gasteiger charge is 2.40. The first-order chi connectivity index (χ1) is 17.6. The van der Waals surface area contributed by atoms with Gasteiger partial charge in [0.2, 0.25) is 11.8 Å². The number of rotatable bonds is 4. The molecule has 3 heterocycles. The Morgan fingerprint density at radius 2 is 1.76 bits per heavy atom. The van der Waals surface area contributed by atoms with Crippen LogP contribution in [0.1, 0.15) is 61.2 Å². The molecule has 0 bridgehead atoms. The number of aromatic nitrogens is 2. The van der Waals surface area contributed by atoms with E-state index in [1.165, 1.54) is 23.9 Å². The highest BCUT2D eigenvalue weighted by atomic mass is 32.2. The number of carbonyl (C=O) groups excluding carboxylic acids is 2. The van der Waals surface area contributed by atoms with Crippen LogP contribution in [0, 0.1) is 12.7 Å². The van der Waals surface area contributed by atoms with Crippen molar-refractivity contribution in [1.82, 2.24) is 14.7 Å². The standard InChI is InChI=1S/C29H33FN4O2S/c1-19-9-5-6-10-22(19)34-28-25(27(31-34)29(2,3)4)26(20-11-13-21(30)14-12-20)37-18-24(36)33(28)17-23(35)32-15-7-8-16-32/h5-6,9-14,26H,7-8,15-18H2,1-4H3/t26-/m1/s1. The number of carbonyl (C=O) groups is 2. The number of hydrogen-bond donors (Lipinski definition) is 0. The number of aryl methyl sites for hydroxylation is 1. The number of anilines is 1. The second kappa shape index (κ2) is 9.97. The number of halogens is 1. The molecule has 0 saturated carbocycles. The molecule has 1 atom stereocenters. The number of nitrogens with zero attached hydrogens (tertiary/aromatic N) is 4. The lowest BCUT2D eigenvalue weighted by Crippen LogP contribution is -2.43. The maximum absolute atomic E-state index is 13.9. The van der Waals surface area contributed by atoms with Crippen molar-refractivity contribution in [3.8, 4) is 5.69 Å². The molecule has 0 aliphatic carbocycles. The minimum absolute atomic E-state index is 0.0241. The van der Waals surface area contributed by atoms with E-state index < -0.39 is 0 Å². The van der Waals surface area contributed by atoms with Crippen LogP contribution in [0.4, 0.5) is 10.2 Å². The number of thioether (sulfide) groups is 1. The van der Waals surface area contributed by atoms with Gasteiger partial charge in [0.15, 0.2) is 0 Å².